The predicted molar refractivity (Wildman–Crippen MR) is 111 cm³/mol. The third-order valence-electron chi connectivity index (χ3n) is 4.06. The summed E-state index contributed by atoms with van der Waals surface area (Å²) in [6.07, 6.45) is 4.60. The van der Waals surface area contributed by atoms with Crippen LogP contribution in [0, 0.1) is 0 Å². The van der Waals surface area contributed by atoms with E-state index in [1.165, 1.54) is 22.0 Å². The zero-order chi connectivity index (χ0) is 19.4. The molecule has 0 saturated carbocycles. The summed E-state index contributed by atoms with van der Waals surface area (Å²) in [6.45, 7) is 2.54. The molecule has 3 aromatic heterocycles. The first-order valence-corrected chi connectivity index (χ1v) is 11.5. The number of hydrogen-bond acceptors (Lipinski definition) is 8. The number of imidazole rings is 1. The van der Waals surface area contributed by atoms with Gasteiger partial charge < -0.3 is 4.57 Å². The second-order valence-corrected chi connectivity index (χ2v) is 9.73. The van der Waals surface area contributed by atoms with Gasteiger partial charge in [-0.3, -0.25) is 13.9 Å². The van der Waals surface area contributed by atoms with Crippen molar-refractivity contribution < 1.29 is 0 Å². The standard InChI is InChI=1S/C16H22N6O2S3/c1-4-5-8-25-14-18-19-15(27-14)26-9-6-7-22-13(23)11-12(17-10-20(11)2)21(3)16(22)24/h10H,4-9H2,1-3H3. The molecule has 0 aliphatic heterocycles. The fourth-order valence-electron chi connectivity index (χ4n) is 2.59. The fraction of sp³-hybridized carbons (Fsp3) is 0.562. The van der Waals surface area contributed by atoms with Gasteiger partial charge >= 0.3 is 5.69 Å². The van der Waals surface area contributed by atoms with Crippen molar-refractivity contribution >= 4 is 46.0 Å². The molecule has 27 heavy (non-hydrogen) atoms. The smallest absolute Gasteiger partial charge is 0.328 e. The Labute approximate surface area is 169 Å². The molecule has 0 amide bonds. The predicted octanol–water partition coefficient (Wildman–Crippen LogP) is 2.36. The normalized spacial score (nSPS) is 11.5. The Morgan fingerprint density at radius 1 is 1.07 bits per heavy atom. The number of aromatic nitrogens is 6. The van der Waals surface area contributed by atoms with E-state index in [2.05, 4.69) is 22.1 Å². The third-order valence-corrected chi connectivity index (χ3v) is 7.43. The van der Waals surface area contributed by atoms with Crippen molar-refractivity contribution in [1.29, 1.82) is 0 Å². The molecule has 3 rings (SSSR count). The Bertz CT molecular complexity index is 1040. The summed E-state index contributed by atoms with van der Waals surface area (Å²) in [7, 11) is 3.40. The van der Waals surface area contributed by atoms with Gasteiger partial charge in [-0.1, -0.05) is 48.2 Å². The van der Waals surface area contributed by atoms with E-state index >= 15 is 0 Å². The third kappa shape index (κ3) is 4.46. The van der Waals surface area contributed by atoms with Crippen LogP contribution in [-0.4, -0.2) is 40.4 Å². The lowest BCUT2D eigenvalue weighted by Gasteiger charge is -2.08. The highest BCUT2D eigenvalue weighted by Gasteiger charge is 2.14. The summed E-state index contributed by atoms with van der Waals surface area (Å²) >= 11 is 4.96. The molecular formula is C16H22N6O2S3. The van der Waals surface area contributed by atoms with E-state index in [-0.39, 0.29) is 11.2 Å². The van der Waals surface area contributed by atoms with Gasteiger partial charge in [-0.05, 0) is 12.8 Å². The Morgan fingerprint density at radius 3 is 2.41 bits per heavy atom. The lowest BCUT2D eigenvalue weighted by molar-refractivity contribution is 0.594. The Kier molecular flexibility index (Phi) is 6.77. The molecule has 0 N–H and O–H groups in total. The van der Waals surface area contributed by atoms with Gasteiger partial charge in [0, 0.05) is 32.1 Å². The maximum Gasteiger partial charge on any atom is 0.332 e. The lowest BCUT2D eigenvalue weighted by Crippen LogP contribution is -2.39. The van der Waals surface area contributed by atoms with Crippen molar-refractivity contribution in [1.82, 2.24) is 28.9 Å². The number of unbranched alkanes of at least 4 members (excludes halogenated alkanes) is 1. The van der Waals surface area contributed by atoms with E-state index in [0.29, 0.717) is 24.1 Å². The Balaban J connectivity index is 1.61. The summed E-state index contributed by atoms with van der Waals surface area (Å²) in [4.78, 5) is 29.2. The van der Waals surface area contributed by atoms with E-state index in [0.717, 1.165) is 20.2 Å². The van der Waals surface area contributed by atoms with Gasteiger partial charge in [0.2, 0.25) is 0 Å². The fourth-order valence-corrected chi connectivity index (χ4v) is 5.76. The summed E-state index contributed by atoms with van der Waals surface area (Å²) in [6, 6.07) is 0. The van der Waals surface area contributed by atoms with Crippen molar-refractivity contribution in [2.45, 2.75) is 41.4 Å². The van der Waals surface area contributed by atoms with Gasteiger partial charge in [0.15, 0.2) is 19.8 Å². The first kappa shape index (κ1) is 20.2. The molecule has 0 aliphatic carbocycles. The second-order valence-electron chi connectivity index (χ2n) is 6.06. The molecule has 0 aromatic carbocycles. The van der Waals surface area contributed by atoms with Crippen LogP contribution in [0.25, 0.3) is 11.2 Å². The molecule has 0 spiro atoms. The summed E-state index contributed by atoms with van der Waals surface area (Å²) < 4.78 is 6.29. The molecule has 3 aromatic rings. The summed E-state index contributed by atoms with van der Waals surface area (Å²) in [5, 5.41) is 8.39. The molecule has 0 aliphatic rings. The number of rotatable bonds is 9. The number of thioether (sulfide) groups is 2. The average molecular weight is 427 g/mol. The molecule has 3 heterocycles. The highest BCUT2D eigenvalue weighted by molar-refractivity contribution is 8.03. The quantitative estimate of drug-likeness (QED) is 0.383. The molecule has 0 bridgehead atoms. The Hall–Kier alpha value is -1.59. The molecule has 0 radical (unpaired) electrons. The number of hydrogen-bond donors (Lipinski definition) is 0. The van der Waals surface area contributed by atoms with Crippen LogP contribution in [0.4, 0.5) is 0 Å². The molecule has 0 unspecified atom stereocenters. The zero-order valence-electron chi connectivity index (χ0n) is 15.5. The minimum atomic E-state index is -0.332. The molecule has 146 valence electrons. The highest BCUT2D eigenvalue weighted by Crippen LogP contribution is 2.29. The van der Waals surface area contributed by atoms with Crippen molar-refractivity contribution in [3.63, 3.8) is 0 Å². The first-order valence-electron chi connectivity index (χ1n) is 8.73. The van der Waals surface area contributed by atoms with E-state index < -0.39 is 0 Å². The van der Waals surface area contributed by atoms with Gasteiger partial charge in [-0.15, -0.1) is 10.2 Å². The maximum atomic E-state index is 12.6. The van der Waals surface area contributed by atoms with Gasteiger partial charge in [-0.25, -0.2) is 9.78 Å². The maximum absolute atomic E-state index is 12.6. The monoisotopic (exact) mass is 426 g/mol. The lowest BCUT2D eigenvalue weighted by atomic mass is 10.4. The summed E-state index contributed by atoms with van der Waals surface area (Å²) in [5.74, 6) is 1.84. The van der Waals surface area contributed by atoms with Crippen LogP contribution in [0.5, 0.6) is 0 Å². The molecule has 0 fully saturated rings. The SMILES string of the molecule is CCCCSc1nnc(SCCCn2c(=O)c3c(ncn3C)n(C)c2=O)s1. The number of aryl methyl sites for hydroxylation is 2. The van der Waals surface area contributed by atoms with Crippen LogP contribution in [0.1, 0.15) is 26.2 Å². The van der Waals surface area contributed by atoms with Gasteiger partial charge in [0.1, 0.15) is 0 Å². The molecular weight excluding hydrogens is 404 g/mol. The summed E-state index contributed by atoms with van der Waals surface area (Å²) in [5.41, 5.74) is 0.244. The van der Waals surface area contributed by atoms with Crippen LogP contribution in [0.3, 0.4) is 0 Å². The average Bonchev–Trinajstić information content (AvgIpc) is 3.26. The van der Waals surface area contributed by atoms with Crippen molar-refractivity contribution in [2.24, 2.45) is 14.1 Å². The molecule has 11 heteroatoms. The van der Waals surface area contributed by atoms with Crippen LogP contribution in [0.2, 0.25) is 0 Å². The van der Waals surface area contributed by atoms with Gasteiger partial charge in [-0.2, -0.15) is 0 Å². The largest absolute Gasteiger partial charge is 0.332 e. The molecule has 8 nitrogen and oxygen atoms in total. The van der Waals surface area contributed by atoms with Crippen LogP contribution in [0.15, 0.2) is 24.6 Å². The Morgan fingerprint density at radius 2 is 1.74 bits per heavy atom. The van der Waals surface area contributed by atoms with E-state index in [1.54, 1.807) is 59.9 Å². The van der Waals surface area contributed by atoms with E-state index in [1.807, 2.05) is 0 Å². The van der Waals surface area contributed by atoms with E-state index in [9.17, 15) is 9.59 Å². The van der Waals surface area contributed by atoms with Crippen LogP contribution >= 0.6 is 34.9 Å². The number of fused-ring (bicyclic) bond motifs is 1. The van der Waals surface area contributed by atoms with Gasteiger partial charge in [0.25, 0.3) is 5.56 Å². The molecule has 0 atom stereocenters. The van der Waals surface area contributed by atoms with Crippen molar-refractivity contribution in [3.05, 3.63) is 27.2 Å². The van der Waals surface area contributed by atoms with Crippen LogP contribution in [-0.2, 0) is 20.6 Å². The number of nitrogens with zero attached hydrogens (tertiary/aromatic N) is 6. The second kappa shape index (κ2) is 9.07. The zero-order valence-corrected chi connectivity index (χ0v) is 18.0. The minimum absolute atomic E-state index is 0.288. The minimum Gasteiger partial charge on any atom is -0.328 e. The first-order chi connectivity index (χ1) is 13.0. The van der Waals surface area contributed by atoms with Crippen LogP contribution < -0.4 is 11.2 Å². The van der Waals surface area contributed by atoms with Gasteiger partial charge in [0.05, 0.1) is 6.33 Å². The van der Waals surface area contributed by atoms with Crippen molar-refractivity contribution in [3.8, 4) is 0 Å². The highest BCUT2D eigenvalue weighted by atomic mass is 32.2. The topological polar surface area (TPSA) is 87.6 Å². The van der Waals surface area contributed by atoms with Crippen molar-refractivity contribution in [2.75, 3.05) is 11.5 Å². The molecule has 0 saturated heterocycles. The van der Waals surface area contributed by atoms with E-state index in [4.69, 9.17) is 0 Å².